The maximum atomic E-state index is 12.1. The van der Waals surface area contributed by atoms with Crippen LogP contribution in [0.25, 0.3) is 0 Å². The van der Waals surface area contributed by atoms with E-state index in [1.54, 1.807) is 29.2 Å². The van der Waals surface area contributed by atoms with Crippen LogP contribution in [0.4, 0.5) is 0 Å². The molecule has 0 saturated carbocycles. The highest BCUT2D eigenvalue weighted by molar-refractivity contribution is 5.92. The Morgan fingerprint density at radius 2 is 1.96 bits per heavy atom. The SMILES string of the molecule is CN(C)[C@H]1CN(C(=O)CCOc2ccc(C(N)=O)cc2)C[C@@H]1O. The fourth-order valence-electron chi connectivity index (χ4n) is 2.61. The van der Waals surface area contributed by atoms with Gasteiger partial charge >= 0.3 is 0 Å². The van der Waals surface area contributed by atoms with Crippen LogP contribution in [-0.4, -0.2) is 72.7 Å². The summed E-state index contributed by atoms with van der Waals surface area (Å²) in [5.74, 6) is 0.0485. The highest BCUT2D eigenvalue weighted by atomic mass is 16.5. The average Bonchev–Trinajstić information content (AvgIpc) is 2.90. The van der Waals surface area contributed by atoms with Crippen molar-refractivity contribution < 1.29 is 19.4 Å². The minimum atomic E-state index is -0.517. The van der Waals surface area contributed by atoms with E-state index in [0.29, 0.717) is 24.4 Å². The van der Waals surface area contributed by atoms with Crippen molar-refractivity contribution in [3.05, 3.63) is 29.8 Å². The number of benzene rings is 1. The van der Waals surface area contributed by atoms with Crippen LogP contribution in [0.15, 0.2) is 24.3 Å². The Balaban J connectivity index is 1.78. The minimum absolute atomic E-state index is 0.0267. The van der Waals surface area contributed by atoms with E-state index in [2.05, 4.69) is 0 Å². The second-order valence-electron chi connectivity index (χ2n) is 5.88. The summed E-state index contributed by atoms with van der Waals surface area (Å²) in [5.41, 5.74) is 5.57. The van der Waals surface area contributed by atoms with E-state index in [4.69, 9.17) is 10.5 Å². The highest BCUT2D eigenvalue weighted by Crippen LogP contribution is 2.16. The van der Waals surface area contributed by atoms with E-state index < -0.39 is 12.0 Å². The number of rotatable bonds is 6. The number of aliphatic hydroxyl groups excluding tert-OH is 1. The average molecular weight is 321 g/mol. The molecule has 0 radical (unpaired) electrons. The number of ether oxygens (including phenoxy) is 1. The molecule has 1 aliphatic heterocycles. The van der Waals surface area contributed by atoms with Crippen LogP contribution < -0.4 is 10.5 Å². The number of likely N-dealkylation sites (N-methyl/N-ethyl adjacent to an activating group) is 1. The second-order valence-corrected chi connectivity index (χ2v) is 5.88. The quantitative estimate of drug-likeness (QED) is 0.749. The zero-order chi connectivity index (χ0) is 17.0. The second kappa shape index (κ2) is 7.43. The van der Waals surface area contributed by atoms with Gasteiger partial charge in [-0.15, -0.1) is 0 Å². The highest BCUT2D eigenvalue weighted by Gasteiger charge is 2.34. The summed E-state index contributed by atoms with van der Waals surface area (Å²) >= 11 is 0. The molecule has 0 aliphatic carbocycles. The summed E-state index contributed by atoms with van der Waals surface area (Å²) in [4.78, 5) is 26.7. The van der Waals surface area contributed by atoms with Gasteiger partial charge in [0.1, 0.15) is 5.75 Å². The molecule has 1 fully saturated rings. The number of nitrogens with two attached hydrogens (primary N) is 1. The summed E-state index contributed by atoms with van der Waals surface area (Å²) < 4.78 is 5.50. The third-order valence-electron chi connectivity index (χ3n) is 4.00. The Bertz CT molecular complexity index is 559. The normalized spacial score (nSPS) is 20.8. The molecule has 2 amide bonds. The molecule has 1 aliphatic rings. The summed E-state index contributed by atoms with van der Waals surface area (Å²) in [6.45, 7) is 1.13. The number of β-amino-alcohol motifs (C(OH)–C–C–N with tert-alkyl or cyclic N) is 1. The molecule has 23 heavy (non-hydrogen) atoms. The molecule has 3 N–H and O–H groups in total. The van der Waals surface area contributed by atoms with Gasteiger partial charge in [0.2, 0.25) is 11.8 Å². The molecule has 1 aromatic carbocycles. The fraction of sp³-hybridized carbons (Fsp3) is 0.500. The number of carbonyl (C=O) groups is 2. The van der Waals surface area contributed by atoms with E-state index in [1.165, 1.54) is 0 Å². The molecular formula is C16H23N3O4. The summed E-state index contributed by atoms with van der Waals surface area (Å²) in [6.07, 6.45) is -0.277. The maximum Gasteiger partial charge on any atom is 0.248 e. The number of primary amides is 1. The molecule has 126 valence electrons. The first kappa shape index (κ1) is 17.2. The lowest BCUT2D eigenvalue weighted by Crippen LogP contribution is -2.38. The van der Waals surface area contributed by atoms with Crippen molar-refractivity contribution in [1.29, 1.82) is 0 Å². The van der Waals surface area contributed by atoms with Gasteiger partial charge in [-0.3, -0.25) is 9.59 Å². The molecule has 0 spiro atoms. The molecule has 7 nitrogen and oxygen atoms in total. The van der Waals surface area contributed by atoms with Crippen molar-refractivity contribution in [2.24, 2.45) is 5.73 Å². The van der Waals surface area contributed by atoms with Crippen LogP contribution in [0.2, 0.25) is 0 Å². The zero-order valence-electron chi connectivity index (χ0n) is 13.4. The summed E-state index contributed by atoms with van der Waals surface area (Å²) in [6, 6.07) is 6.43. The molecule has 1 saturated heterocycles. The largest absolute Gasteiger partial charge is 0.493 e. The molecule has 0 aromatic heterocycles. The smallest absolute Gasteiger partial charge is 0.248 e. The Kier molecular flexibility index (Phi) is 5.57. The van der Waals surface area contributed by atoms with Crippen molar-refractivity contribution in [3.63, 3.8) is 0 Å². The molecule has 2 rings (SSSR count). The number of aliphatic hydroxyl groups is 1. The first-order chi connectivity index (χ1) is 10.9. The molecule has 1 heterocycles. The molecule has 1 aromatic rings. The van der Waals surface area contributed by atoms with E-state index in [0.717, 1.165) is 0 Å². The van der Waals surface area contributed by atoms with E-state index in [-0.39, 0.29) is 25.0 Å². The van der Waals surface area contributed by atoms with Gasteiger partial charge in [-0.2, -0.15) is 0 Å². The third kappa shape index (κ3) is 4.43. The van der Waals surface area contributed by atoms with Gasteiger partial charge in [0.25, 0.3) is 0 Å². The topological polar surface area (TPSA) is 96.1 Å². The molecule has 7 heteroatoms. The third-order valence-corrected chi connectivity index (χ3v) is 4.00. The zero-order valence-corrected chi connectivity index (χ0v) is 13.4. The van der Waals surface area contributed by atoms with Gasteiger partial charge in [0.15, 0.2) is 0 Å². The fourth-order valence-corrected chi connectivity index (χ4v) is 2.61. The first-order valence-corrected chi connectivity index (χ1v) is 7.53. The molecule has 0 unspecified atom stereocenters. The van der Waals surface area contributed by atoms with Gasteiger partial charge in [-0.05, 0) is 38.4 Å². The number of nitrogens with zero attached hydrogens (tertiary/aromatic N) is 2. The summed E-state index contributed by atoms with van der Waals surface area (Å²) in [7, 11) is 3.78. The number of hydrogen-bond acceptors (Lipinski definition) is 5. The van der Waals surface area contributed by atoms with E-state index in [9.17, 15) is 14.7 Å². The van der Waals surface area contributed by atoms with Crippen molar-refractivity contribution in [2.75, 3.05) is 33.8 Å². The Labute approximate surface area is 135 Å². The predicted octanol–water partition coefficient (Wildman–Crippen LogP) is -0.312. The Morgan fingerprint density at radius 3 is 2.48 bits per heavy atom. The standard InChI is InChI=1S/C16H23N3O4/c1-18(2)13-9-19(10-14(13)20)15(21)7-8-23-12-5-3-11(4-6-12)16(17)22/h3-6,13-14,20H,7-10H2,1-2H3,(H2,17,22)/t13-,14-/m0/s1. The monoisotopic (exact) mass is 321 g/mol. The van der Waals surface area contributed by atoms with Crippen LogP contribution in [-0.2, 0) is 4.79 Å². The maximum absolute atomic E-state index is 12.1. The number of likely N-dealkylation sites (tertiary alicyclic amines) is 1. The van der Waals surface area contributed by atoms with Crippen molar-refractivity contribution in [3.8, 4) is 5.75 Å². The first-order valence-electron chi connectivity index (χ1n) is 7.53. The lowest BCUT2D eigenvalue weighted by Gasteiger charge is -2.21. The van der Waals surface area contributed by atoms with E-state index in [1.807, 2.05) is 19.0 Å². The number of hydrogen-bond donors (Lipinski definition) is 2. The molecule has 2 atom stereocenters. The van der Waals surface area contributed by atoms with Crippen LogP contribution >= 0.6 is 0 Å². The Hall–Kier alpha value is -2.12. The lowest BCUT2D eigenvalue weighted by molar-refractivity contribution is -0.131. The van der Waals surface area contributed by atoms with Crippen LogP contribution in [0.3, 0.4) is 0 Å². The summed E-state index contributed by atoms with van der Waals surface area (Å²) in [5, 5.41) is 9.95. The van der Waals surface area contributed by atoms with Crippen LogP contribution in [0.1, 0.15) is 16.8 Å². The van der Waals surface area contributed by atoms with Gasteiger partial charge in [-0.25, -0.2) is 0 Å². The van der Waals surface area contributed by atoms with Crippen LogP contribution in [0, 0.1) is 0 Å². The number of carbonyl (C=O) groups excluding carboxylic acids is 2. The van der Waals surface area contributed by atoms with Crippen molar-refractivity contribution >= 4 is 11.8 Å². The van der Waals surface area contributed by atoms with Gasteiger partial charge < -0.3 is 25.4 Å². The molecule has 0 bridgehead atoms. The van der Waals surface area contributed by atoms with Gasteiger partial charge in [0, 0.05) is 18.7 Å². The van der Waals surface area contributed by atoms with Gasteiger partial charge in [-0.1, -0.05) is 0 Å². The minimum Gasteiger partial charge on any atom is -0.493 e. The predicted molar refractivity (Wildman–Crippen MR) is 85.1 cm³/mol. The number of amides is 2. The van der Waals surface area contributed by atoms with Gasteiger partial charge in [0.05, 0.1) is 25.2 Å². The van der Waals surface area contributed by atoms with E-state index >= 15 is 0 Å². The lowest BCUT2D eigenvalue weighted by atomic mass is 10.2. The van der Waals surface area contributed by atoms with Crippen LogP contribution in [0.5, 0.6) is 5.75 Å². The van der Waals surface area contributed by atoms with Crippen molar-refractivity contribution in [1.82, 2.24) is 9.80 Å². The Morgan fingerprint density at radius 1 is 1.30 bits per heavy atom. The molecular weight excluding hydrogens is 298 g/mol. The van der Waals surface area contributed by atoms with Crippen molar-refractivity contribution in [2.45, 2.75) is 18.6 Å².